The predicted octanol–water partition coefficient (Wildman–Crippen LogP) is 4.27. The van der Waals surface area contributed by atoms with E-state index in [1.54, 1.807) is 0 Å². The van der Waals surface area contributed by atoms with E-state index >= 15 is 0 Å². The Balaban J connectivity index is 2.98. The topological polar surface area (TPSA) is 0 Å². The van der Waals surface area contributed by atoms with E-state index in [1.165, 1.54) is 4.90 Å². The van der Waals surface area contributed by atoms with E-state index in [2.05, 4.69) is 32.5 Å². The summed E-state index contributed by atoms with van der Waals surface area (Å²) in [5, 5.41) is 1.40. The third kappa shape index (κ3) is 3.12. The van der Waals surface area contributed by atoms with Crippen LogP contribution in [0.25, 0.3) is 0 Å². The second-order valence-corrected chi connectivity index (χ2v) is 5.38. The van der Waals surface area contributed by atoms with Crippen LogP contribution in [-0.4, -0.2) is 5.25 Å². The maximum absolute atomic E-state index is 6.05. The summed E-state index contributed by atoms with van der Waals surface area (Å²) in [6.45, 7) is 4.35. The molecule has 1 aromatic carbocycles. The summed E-state index contributed by atoms with van der Waals surface area (Å²) in [5.41, 5.74) is 1.14. The number of hydrogen-bond donors (Lipinski definition) is 1. The molecule has 1 rings (SSSR count). The minimum absolute atomic E-state index is 0.581. The van der Waals surface area contributed by atoms with E-state index < -0.39 is 0 Å². The van der Waals surface area contributed by atoms with E-state index in [4.69, 9.17) is 11.6 Å². The largest absolute Gasteiger partial charge is 0.174 e. The summed E-state index contributed by atoms with van der Waals surface area (Å²) >= 11 is 12.2. The monoisotopic (exact) mass is 232 g/mol. The van der Waals surface area contributed by atoms with Crippen LogP contribution in [0.3, 0.4) is 0 Å². The zero-order valence-electron chi connectivity index (χ0n) is 7.75. The average Bonchev–Trinajstić information content (AvgIpc) is 2.03. The SMILES string of the molecule is CC(C)Sc1cccc(Cl)c1CS. The van der Waals surface area contributed by atoms with E-state index in [-0.39, 0.29) is 0 Å². The van der Waals surface area contributed by atoms with Crippen LogP contribution < -0.4 is 0 Å². The lowest BCUT2D eigenvalue weighted by Gasteiger charge is -2.10. The van der Waals surface area contributed by atoms with Gasteiger partial charge in [-0.15, -0.1) is 11.8 Å². The van der Waals surface area contributed by atoms with E-state index in [1.807, 2.05) is 23.9 Å². The zero-order chi connectivity index (χ0) is 9.84. The third-order valence-corrected chi connectivity index (χ3v) is 3.37. The van der Waals surface area contributed by atoms with Crippen LogP contribution in [0.5, 0.6) is 0 Å². The Bertz CT molecular complexity index is 284. The van der Waals surface area contributed by atoms with Crippen molar-refractivity contribution in [3.8, 4) is 0 Å². The number of halogens is 1. The average molecular weight is 233 g/mol. The first-order valence-electron chi connectivity index (χ1n) is 4.20. The molecule has 0 aliphatic carbocycles. The molecule has 0 heterocycles. The number of rotatable bonds is 3. The van der Waals surface area contributed by atoms with Gasteiger partial charge in [0, 0.05) is 20.9 Å². The van der Waals surface area contributed by atoms with Crippen molar-refractivity contribution in [3.63, 3.8) is 0 Å². The highest BCUT2D eigenvalue weighted by Crippen LogP contribution is 2.31. The number of hydrogen-bond acceptors (Lipinski definition) is 2. The molecule has 0 aromatic heterocycles. The molecule has 3 heteroatoms. The number of thioether (sulfide) groups is 1. The maximum Gasteiger partial charge on any atom is 0.0457 e. The van der Waals surface area contributed by atoms with Crippen molar-refractivity contribution in [1.82, 2.24) is 0 Å². The quantitative estimate of drug-likeness (QED) is 0.600. The minimum atomic E-state index is 0.581. The highest BCUT2D eigenvalue weighted by atomic mass is 35.5. The Morgan fingerprint density at radius 3 is 2.69 bits per heavy atom. The van der Waals surface area contributed by atoms with Crippen LogP contribution in [0.15, 0.2) is 23.1 Å². The molecule has 0 atom stereocenters. The van der Waals surface area contributed by atoms with Gasteiger partial charge in [-0.1, -0.05) is 31.5 Å². The van der Waals surface area contributed by atoms with Gasteiger partial charge in [0.05, 0.1) is 0 Å². The molecule has 0 amide bonds. The summed E-state index contributed by atoms with van der Waals surface area (Å²) in [5.74, 6) is 0.703. The highest BCUT2D eigenvalue weighted by molar-refractivity contribution is 8.00. The molecular weight excluding hydrogens is 220 g/mol. The lowest BCUT2D eigenvalue weighted by atomic mass is 10.2. The fraction of sp³-hybridized carbons (Fsp3) is 0.400. The standard InChI is InChI=1S/C10H13ClS2/c1-7(2)13-10-5-3-4-9(11)8(10)6-12/h3-5,7,12H,6H2,1-2H3. The molecule has 0 N–H and O–H groups in total. The van der Waals surface area contributed by atoms with Gasteiger partial charge in [0.25, 0.3) is 0 Å². The van der Waals surface area contributed by atoms with Crippen molar-refractivity contribution in [3.05, 3.63) is 28.8 Å². The molecule has 0 saturated carbocycles. The van der Waals surface area contributed by atoms with Crippen LogP contribution >= 0.6 is 36.0 Å². The van der Waals surface area contributed by atoms with Crippen LogP contribution in [0, 0.1) is 0 Å². The predicted molar refractivity (Wildman–Crippen MR) is 65.1 cm³/mol. The fourth-order valence-electron chi connectivity index (χ4n) is 1.06. The Labute approximate surface area is 94.5 Å². The summed E-state index contributed by atoms with van der Waals surface area (Å²) in [4.78, 5) is 1.25. The van der Waals surface area contributed by atoms with Crippen molar-refractivity contribution >= 4 is 36.0 Å². The van der Waals surface area contributed by atoms with Crippen LogP contribution in [0.1, 0.15) is 19.4 Å². The Hall–Kier alpha value is 0.210. The van der Waals surface area contributed by atoms with Crippen molar-refractivity contribution in [1.29, 1.82) is 0 Å². The molecule has 0 radical (unpaired) electrons. The molecule has 0 bridgehead atoms. The molecule has 13 heavy (non-hydrogen) atoms. The molecule has 0 fully saturated rings. The maximum atomic E-state index is 6.05. The van der Waals surface area contributed by atoms with E-state index in [0.29, 0.717) is 11.0 Å². The Morgan fingerprint density at radius 1 is 1.46 bits per heavy atom. The third-order valence-electron chi connectivity index (χ3n) is 1.60. The molecule has 0 unspecified atom stereocenters. The number of thiol groups is 1. The fourth-order valence-corrected chi connectivity index (χ4v) is 2.88. The van der Waals surface area contributed by atoms with Gasteiger partial charge in [0.2, 0.25) is 0 Å². The van der Waals surface area contributed by atoms with Gasteiger partial charge < -0.3 is 0 Å². The Morgan fingerprint density at radius 2 is 2.15 bits per heavy atom. The molecule has 0 spiro atoms. The second kappa shape index (κ2) is 5.18. The second-order valence-electron chi connectivity index (χ2n) is 3.04. The highest BCUT2D eigenvalue weighted by Gasteiger charge is 2.06. The van der Waals surface area contributed by atoms with E-state index in [9.17, 15) is 0 Å². The summed E-state index contributed by atoms with van der Waals surface area (Å²) < 4.78 is 0. The smallest absolute Gasteiger partial charge is 0.0457 e. The molecular formula is C10H13ClS2. The lowest BCUT2D eigenvalue weighted by Crippen LogP contribution is -1.91. The number of benzene rings is 1. The van der Waals surface area contributed by atoms with Crippen molar-refractivity contribution in [2.45, 2.75) is 29.7 Å². The molecule has 0 aliphatic rings. The summed E-state index contributed by atoms with van der Waals surface area (Å²) in [6.07, 6.45) is 0. The van der Waals surface area contributed by atoms with Crippen molar-refractivity contribution < 1.29 is 0 Å². The normalized spacial score (nSPS) is 10.8. The summed E-state index contributed by atoms with van der Waals surface area (Å²) in [6, 6.07) is 6.00. The van der Waals surface area contributed by atoms with Gasteiger partial charge in [-0.05, 0) is 17.7 Å². The van der Waals surface area contributed by atoms with Gasteiger partial charge >= 0.3 is 0 Å². The van der Waals surface area contributed by atoms with Crippen molar-refractivity contribution in [2.24, 2.45) is 0 Å². The van der Waals surface area contributed by atoms with Crippen LogP contribution in [0.4, 0.5) is 0 Å². The Kier molecular flexibility index (Phi) is 4.50. The van der Waals surface area contributed by atoms with Gasteiger partial charge in [-0.3, -0.25) is 0 Å². The molecule has 0 saturated heterocycles. The first kappa shape index (κ1) is 11.3. The van der Waals surface area contributed by atoms with Gasteiger partial charge in [0.1, 0.15) is 0 Å². The molecule has 0 nitrogen and oxygen atoms in total. The summed E-state index contributed by atoms with van der Waals surface area (Å²) in [7, 11) is 0. The van der Waals surface area contributed by atoms with Crippen molar-refractivity contribution in [2.75, 3.05) is 0 Å². The first-order valence-corrected chi connectivity index (χ1v) is 6.09. The minimum Gasteiger partial charge on any atom is -0.174 e. The zero-order valence-corrected chi connectivity index (χ0v) is 10.2. The van der Waals surface area contributed by atoms with E-state index in [0.717, 1.165) is 10.6 Å². The van der Waals surface area contributed by atoms with Crippen LogP contribution in [0.2, 0.25) is 5.02 Å². The molecule has 72 valence electrons. The lowest BCUT2D eigenvalue weighted by molar-refractivity contribution is 1.10. The van der Waals surface area contributed by atoms with Gasteiger partial charge in [0.15, 0.2) is 0 Å². The van der Waals surface area contributed by atoms with Crippen LogP contribution in [-0.2, 0) is 5.75 Å². The molecule has 0 aliphatic heterocycles. The van der Waals surface area contributed by atoms with Gasteiger partial charge in [-0.25, -0.2) is 0 Å². The van der Waals surface area contributed by atoms with Gasteiger partial charge in [-0.2, -0.15) is 12.6 Å². The molecule has 1 aromatic rings. The first-order chi connectivity index (χ1) is 6.15.